The molecule has 116 valence electrons. The molecule has 0 aromatic carbocycles. The number of carbonyl (C=O) groups is 1. The van der Waals surface area contributed by atoms with Crippen molar-refractivity contribution in [1.82, 2.24) is 19.6 Å². The molecule has 2 atom stereocenters. The predicted molar refractivity (Wildman–Crippen MR) is 81.5 cm³/mol. The van der Waals surface area contributed by atoms with Gasteiger partial charge in [-0.2, -0.15) is 5.10 Å². The minimum absolute atomic E-state index is 0.122. The molecule has 0 bridgehead atoms. The second-order valence-corrected chi connectivity index (χ2v) is 6.85. The summed E-state index contributed by atoms with van der Waals surface area (Å²) in [6.45, 7) is 8.14. The first-order valence-corrected chi connectivity index (χ1v) is 8.05. The monoisotopic (exact) mass is 290 g/mol. The van der Waals surface area contributed by atoms with Crippen LogP contribution in [0, 0.1) is 11.8 Å². The summed E-state index contributed by atoms with van der Waals surface area (Å²) in [5, 5.41) is 4.24. The lowest BCUT2D eigenvalue weighted by Crippen LogP contribution is -2.48. The summed E-state index contributed by atoms with van der Waals surface area (Å²) in [6, 6.07) is 0.477. The quantitative estimate of drug-likeness (QED) is 0.847. The van der Waals surface area contributed by atoms with Crippen LogP contribution in [-0.2, 0) is 18.4 Å². The molecule has 0 aliphatic carbocycles. The third-order valence-corrected chi connectivity index (χ3v) is 4.86. The number of aryl methyl sites for hydroxylation is 1. The van der Waals surface area contributed by atoms with Crippen LogP contribution in [-0.4, -0.2) is 51.2 Å². The molecule has 1 aromatic rings. The highest BCUT2D eigenvalue weighted by Gasteiger charge is 2.40. The average Bonchev–Trinajstić information content (AvgIpc) is 3.04. The van der Waals surface area contributed by atoms with Crippen LogP contribution in [0.25, 0.3) is 0 Å². The van der Waals surface area contributed by atoms with E-state index in [0.29, 0.717) is 17.9 Å². The van der Waals surface area contributed by atoms with E-state index in [4.69, 9.17) is 0 Å². The number of hydrogen-bond donors (Lipinski definition) is 0. The van der Waals surface area contributed by atoms with Gasteiger partial charge < -0.3 is 4.90 Å². The van der Waals surface area contributed by atoms with Crippen molar-refractivity contribution in [2.75, 3.05) is 19.6 Å². The molecule has 2 fully saturated rings. The maximum absolute atomic E-state index is 12.3. The van der Waals surface area contributed by atoms with Gasteiger partial charge in [0.25, 0.3) is 0 Å². The molecule has 1 aromatic heterocycles. The Balaban J connectivity index is 1.59. The highest BCUT2D eigenvalue weighted by Crippen LogP contribution is 2.32. The van der Waals surface area contributed by atoms with Crippen LogP contribution >= 0.6 is 0 Å². The number of likely N-dealkylation sites (tertiary alicyclic amines) is 2. The van der Waals surface area contributed by atoms with Crippen molar-refractivity contribution in [2.45, 2.75) is 39.3 Å². The molecule has 21 heavy (non-hydrogen) atoms. The fraction of sp³-hybridized carbons (Fsp3) is 0.750. The van der Waals surface area contributed by atoms with Crippen molar-refractivity contribution in [2.24, 2.45) is 18.9 Å². The second kappa shape index (κ2) is 5.79. The first kappa shape index (κ1) is 14.6. The van der Waals surface area contributed by atoms with Crippen molar-refractivity contribution in [3.05, 3.63) is 18.0 Å². The number of nitrogens with zero attached hydrogens (tertiary/aromatic N) is 4. The van der Waals surface area contributed by atoms with Crippen molar-refractivity contribution >= 4 is 5.91 Å². The van der Waals surface area contributed by atoms with Crippen LogP contribution in [0.5, 0.6) is 0 Å². The Labute approximate surface area is 126 Å². The largest absolute Gasteiger partial charge is 0.339 e. The number of amides is 1. The summed E-state index contributed by atoms with van der Waals surface area (Å²) in [4.78, 5) is 16.9. The van der Waals surface area contributed by atoms with Crippen LogP contribution in [0.15, 0.2) is 12.4 Å². The Morgan fingerprint density at radius 3 is 2.86 bits per heavy atom. The van der Waals surface area contributed by atoms with Gasteiger partial charge >= 0.3 is 0 Å². The molecule has 1 amide bonds. The Kier molecular flexibility index (Phi) is 4.02. The molecule has 2 saturated heterocycles. The summed E-state index contributed by atoms with van der Waals surface area (Å²) in [6.07, 6.45) is 6.32. The number of rotatable bonds is 3. The van der Waals surface area contributed by atoms with Gasteiger partial charge in [-0.05, 0) is 18.8 Å². The fourth-order valence-corrected chi connectivity index (χ4v) is 3.82. The molecule has 2 aliphatic rings. The van der Waals surface area contributed by atoms with Gasteiger partial charge in [-0.1, -0.05) is 13.8 Å². The highest BCUT2D eigenvalue weighted by molar-refractivity contribution is 5.78. The SMILES string of the molecule is CC(C)C(=O)N1CC[C@H]2CN(Cc3cnn(C)c3)CC[C@H]21. The Morgan fingerprint density at radius 2 is 2.19 bits per heavy atom. The lowest BCUT2D eigenvalue weighted by Gasteiger charge is -2.38. The molecular formula is C16H26N4O. The normalized spacial score (nSPS) is 26.4. The molecule has 3 rings (SSSR count). The Bertz CT molecular complexity index is 510. The van der Waals surface area contributed by atoms with Crippen LogP contribution in [0.1, 0.15) is 32.3 Å². The number of carbonyl (C=O) groups excluding carboxylic acids is 1. The minimum Gasteiger partial charge on any atom is -0.339 e. The Morgan fingerprint density at radius 1 is 1.38 bits per heavy atom. The summed E-state index contributed by atoms with van der Waals surface area (Å²) in [5.74, 6) is 1.11. The third kappa shape index (κ3) is 2.98. The minimum atomic E-state index is 0.122. The smallest absolute Gasteiger partial charge is 0.225 e. The zero-order valence-electron chi connectivity index (χ0n) is 13.3. The number of piperidine rings is 1. The number of hydrogen-bond acceptors (Lipinski definition) is 3. The molecule has 5 heteroatoms. The van der Waals surface area contributed by atoms with E-state index in [9.17, 15) is 4.79 Å². The van der Waals surface area contributed by atoms with E-state index in [1.54, 1.807) is 0 Å². The van der Waals surface area contributed by atoms with Gasteiger partial charge in [0.1, 0.15) is 0 Å². The van der Waals surface area contributed by atoms with Crippen molar-refractivity contribution in [3.8, 4) is 0 Å². The molecule has 0 radical (unpaired) electrons. The predicted octanol–water partition coefficient (Wildman–Crippen LogP) is 1.50. The highest BCUT2D eigenvalue weighted by atomic mass is 16.2. The summed E-state index contributed by atoms with van der Waals surface area (Å²) < 4.78 is 1.86. The van der Waals surface area contributed by atoms with Crippen LogP contribution in [0.4, 0.5) is 0 Å². The maximum atomic E-state index is 12.3. The molecule has 0 unspecified atom stereocenters. The molecule has 2 aliphatic heterocycles. The molecule has 0 N–H and O–H groups in total. The first-order valence-electron chi connectivity index (χ1n) is 8.05. The maximum Gasteiger partial charge on any atom is 0.225 e. The molecule has 3 heterocycles. The van der Waals surface area contributed by atoms with Gasteiger partial charge in [0, 0.05) is 56.9 Å². The van der Waals surface area contributed by atoms with E-state index in [1.807, 2.05) is 31.8 Å². The van der Waals surface area contributed by atoms with E-state index < -0.39 is 0 Å². The van der Waals surface area contributed by atoms with E-state index in [1.165, 1.54) is 5.56 Å². The van der Waals surface area contributed by atoms with E-state index in [0.717, 1.165) is 39.0 Å². The van der Waals surface area contributed by atoms with Gasteiger partial charge in [0.05, 0.1) is 6.20 Å². The zero-order chi connectivity index (χ0) is 15.0. The average molecular weight is 290 g/mol. The van der Waals surface area contributed by atoms with Gasteiger partial charge in [-0.15, -0.1) is 0 Å². The van der Waals surface area contributed by atoms with Gasteiger partial charge in [0.2, 0.25) is 5.91 Å². The molecular weight excluding hydrogens is 264 g/mol. The summed E-state index contributed by atoms with van der Waals surface area (Å²) in [7, 11) is 1.96. The van der Waals surface area contributed by atoms with Crippen molar-refractivity contribution in [3.63, 3.8) is 0 Å². The van der Waals surface area contributed by atoms with E-state index in [2.05, 4.69) is 21.1 Å². The van der Waals surface area contributed by atoms with Crippen LogP contribution in [0.2, 0.25) is 0 Å². The summed E-state index contributed by atoms with van der Waals surface area (Å²) in [5.41, 5.74) is 1.28. The lowest BCUT2D eigenvalue weighted by molar-refractivity contribution is -0.136. The molecule has 0 spiro atoms. The number of fused-ring (bicyclic) bond motifs is 1. The topological polar surface area (TPSA) is 41.4 Å². The van der Waals surface area contributed by atoms with Gasteiger partial charge in [-0.3, -0.25) is 14.4 Å². The van der Waals surface area contributed by atoms with E-state index in [-0.39, 0.29) is 5.92 Å². The molecule has 0 saturated carbocycles. The van der Waals surface area contributed by atoms with Gasteiger partial charge in [0.15, 0.2) is 0 Å². The van der Waals surface area contributed by atoms with Gasteiger partial charge in [-0.25, -0.2) is 0 Å². The van der Waals surface area contributed by atoms with Crippen LogP contribution < -0.4 is 0 Å². The zero-order valence-corrected chi connectivity index (χ0v) is 13.3. The number of aromatic nitrogens is 2. The third-order valence-electron chi connectivity index (χ3n) is 4.86. The fourth-order valence-electron chi connectivity index (χ4n) is 3.82. The van der Waals surface area contributed by atoms with Crippen molar-refractivity contribution < 1.29 is 4.79 Å². The standard InChI is InChI=1S/C16H26N4O/c1-12(2)16(21)20-7-4-14-11-19(6-5-15(14)20)10-13-8-17-18(3)9-13/h8-9,12,14-15H,4-7,10-11H2,1-3H3/t14-,15+/m0/s1. The first-order chi connectivity index (χ1) is 10.0. The Hall–Kier alpha value is -1.36. The van der Waals surface area contributed by atoms with Crippen LogP contribution in [0.3, 0.4) is 0 Å². The summed E-state index contributed by atoms with van der Waals surface area (Å²) >= 11 is 0. The van der Waals surface area contributed by atoms with E-state index >= 15 is 0 Å². The van der Waals surface area contributed by atoms with Crippen molar-refractivity contribution in [1.29, 1.82) is 0 Å². The second-order valence-electron chi connectivity index (χ2n) is 6.85. The molecule has 5 nitrogen and oxygen atoms in total. The lowest BCUT2D eigenvalue weighted by atomic mass is 9.92.